The maximum absolute atomic E-state index is 11.1. The molecule has 1 aliphatic rings. The van der Waals surface area contributed by atoms with Crippen LogP contribution in [0.25, 0.3) is 0 Å². The number of nitrogens with zero attached hydrogens (tertiary/aromatic N) is 1. The molecule has 5 heteroatoms. The third-order valence-electron chi connectivity index (χ3n) is 2.08. The predicted molar refractivity (Wildman–Crippen MR) is 58.0 cm³/mol. The summed E-state index contributed by atoms with van der Waals surface area (Å²) < 4.78 is 13.1. The van der Waals surface area contributed by atoms with Gasteiger partial charge in [-0.15, -0.1) is 0 Å². The van der Waals surface area contributed by atoms with Crippen molar-refractivity contribution < 1.29 is 11.1 Å². The molecule has 2 unspecified atom stereocenters. The zero-order chi connectivity index (χ0) is 9.14. The monoisotopic (exact) mass is 210 g/mol. The molecule has 0 aliphatic carbocycles. The minimum absolute atomic E-state index is 0. The number of rotatable bonds is 3. The van der Waals surface area contributed by atoms with Crippen molar-refractivity contribution in [3.05, 3.63) is 0 Å². The van der Waals surface area contributed by atoms with Crippen molar-refractivity contribution >= 4 is 11.0 Å². The predicted octanol–water partition coefficient (Wildman–Crippen LogP) is -0.227. The number of hydrogen-bond acceptors (Lipinski definition) is 2. The van der Waals surface area contributed by atoms with Crippen LogP contribution in [0.5, 0.6) is 0 Å². The van der Waals surface area contributed by atoms with Gasteiger partial charge in [-0.2, -0.15) is 0 Å². The van der Waals surface area contributed by atoms with Gasteiger partial charge in [-0.3, -0.25) is 0 Å². The lowest BCUT2D eigenvalue weighted by molar-refractivity contribution is 0.461. The summed E-state index contributed by atoms with van der Waals surface area (Å²) in [5.74, 6) is 0. The molecule has 0 radical (unpaired) electrons. The lowest BCUT2D eigenvalue weighted by Gasteiger charge is -2.16. The van der Waals surface area contributed by atoms with Crippen LogP contribution in [0.2, 0.25) is 0 Å². The van der Waals surface area contributed by atoms with Crippen LogP contribution in [0, 0.1) is 0 Å². The Balaban J connectivity index is 0. The van der Waals surface area contributed by atoms with E-state index in [9.17, 15) is 4.21 Å². The third kappa shape index (κ3) is 4.17. The van der Waals surface area contributed by atoms with Gasteiger partial charge in [0.25, 0.3) is 0 Å². The zero-order valence-electron chi connectivity index (χ0n) is 8.54. The summed E-state index contributed by atoms with van der Waals surface area (Å²) in [6.07, 6.45) is 2.87. The van der Waals surface area contributed by atoms with Crippen molar-refractivity contribution in [1.29, 1.82) is 0 Å². The van der Waals surface area contributed by atoms with E-state index in [2.05, 4.69) is 19.2 Å². The largest absolute Gasteiger partial charge is 0.412 e. The molecule has 1 saturated heterocycles. The highest BCUT2D eigenvalue weighted by Gasteiger charge is 2.24. The molecule has 1 heterocycles. The molecule has 0 aromatic carbocycles. The van der Waals surface area contributed by atoms with Gasteiger partial charge in [-0.25, -0.2) is 8.51 Å². The van der Waals surface area contributed by atoms with Crippen molar-refractivity contribution in [3.63, 3.8) is 0 Å². The van der Waals surface area contributed by atoms with E-state index in [1.54, 1.807) is 6.26 Å². The van der Waals surface area contributed by atoms with Crippen molar-refractivity contribution in [3.8, 4) is 0 Å². The van der Waals surface area contributed by atoms with Crippen LogP contribution in [0.4, 0.5) is 0 Å². The van der Waals surface area contributed by atoms with Crippen LogP contribution in [-0.2, 0) is 11.0 Å². The third-order valence-corrected chi connectivity index (χ3v) is 3.14. The molecular weight excluding hydrogens is 188 g/mol. The fourth-order valence-corrected chi connectivity index (χ4v) is 2.32. The van der Waals surface area contributed by atoms with Gasteiger partial charge in [-0.05, 0) is 6.42 Å². The molecule has 82 valence electrons. The highest BCUT2D eigenvalue weighted by Crippen LogP contribution is 2.10. The van der Waals surface area contributed by atoms with Crippen LogP contribution in [0.1, 0.15) is 21.7 Å². The van der Waals surface area contributed by atoms with E-state index in [4.69, 9.17) is 0 Å². The Morgan fingerprint density at radius 2 is 2.23 bits per heavy atom. The van der Waals surface area contributed by atoms with E-state index in [0.29, 0.717) is 12.1 Å². The van der Waals surface area contributed by atoms with Crippen molar-refractivity contribution in [1.82, 2.24) is 9.62 Å². The van der Waals surface area contributed by atoms with E-state index in [1.807, 2.05) is 4.31 Å². The Hall–Kier alpha value is 0.0300. The lowest BCUT2D eigenvalue weighted by Crippen LogP contribution is -2.37. The molecule has 0 saturated carbocycles. The second-order valence-electron chi connectivity index (χ2n) is 3.62. The van der Waals surface area contributed by atoms with Gasteiger partial charge in [0.1, 0.15) is 0 Å². The van der Waals surface area contributed by atoms with Gasteiger partial charge in [0.05, 0.1) is 11.0 Å². The first-order chi connectivity index (χ1) is 5.59. The Kier molecular flexibility index (Phi) is 5.71. The summed E-state index contributed by atoms with van der Waals surface area (Å²) in [7, 11) is -0.783. The molecule has 0 spiro atoms. The van der Waals surface area contributed by atoms with Gasteiger partial charge in [0.2, 0.25) is 0 Å². The SMILES string of the molecule is CC(C)NC1CCN(S(C)=O)C1.O.[HH]. The molecule has 4 nitrogen and oxygen atoms in total. The zero-order valence-corrected chi connectivity index (χ0v) is 9.36. The number of nitrogens with one attached hydrogen (secondary N) is 1. The Labute approximate surface area is 84.1 Å². The summed E-state index contributed by atoms with van der Waals surface area (Å²) in [4.78, 5) is 0. The van der Waals surface area contributed by atoms with E-state index in [-0.39, 0.29) is 6.90 Å². The molecular formula is C8H22N2O2S. The molecule has 1 aliphatic heterocycles. The highest BCUT2D eigenvalue weighted by atomic mass is 32.2. The topological polar surface area (TPSA) is 63.8 Å². The highest BCUT2D eigenvalue weighted by molar-refractivity contribution is 7.81. The summed E-state index contributed by atoms with van der Waals surface area (Å²) in [5.41, 5.74) is 0. The fourth-order valence-electron chi connectivity index (χ4n) is 1.57. The molecule has 0 aromatic heterocycles. The Morgan fingerprint density at radius 1 is 1.62 bits per heavy atom. The maximum atomic E-state index is 11.1. The van der Waals surface area contributed by atoms with Crippen LogP contribution in [0.15, 0.2) is 0 Å². The van der Waals surface area contributed by atoms with Crippen LogP contribution in [0.3, 0.4) is 0 Å². The second-order valence-corrected chi connectivity index (χ2v) is 4.98. The van der Waals surface area contributed by atoms with E-state index in [1.165, 1.54) is 0 Å². The first-order valence-corrected chi connectivity index (χ1v) is 5.95. The minimum Gasteiger partial charge on any atom is -0.412 e. The average Bonchev–Trinajstić information content (AvgIpc) is 2.34. The molecule has 3 N–H and O–H groups in total. The Bertz CT molecular complexity index is 181. The van der Waals surface area contributed by atoms with Crippen molar-refractivity contribution in [2.45, 2.75) is 32.4 Å². The molecule has 0 bridgehead atoms. The summed E-state index contributed by atoms with van der Waals surface area (Å²) >= 11 is 0. The van der Waals surface area contributed by atoms with Crippen LogP contribution < -0.4 is 5.32 Å². The normalized spacial score (nSPS) is 26.0. The first kappa shape index (κ1) is 13.0. The lowest BCUT2D eigenvalue weighted by atomic mass is 10.2. The number of hydrogen-bond donors (Lipinski definition) is 1. The van der Waals surface area contributed by atoms with Gasteiger partial charge >= 0.3 is 0 Å². The summed E-state index contributed by atoms with van der Waals surface area (Å²) in [6.45, 7) is 6.19. The molecule has 1 fully saturated rings. The van der Waals surface area contributed by atoms with Crippen molar-refractivity contribution in [2.75, 3.05) is 19.3 Å². The molecule has 1 rings (SSSR count). The standard InChI is InChI=1S/C8H18N2OS.H2O.H2/c1-7(2)9-8-4-5-10(6-8)12(3)11;;/h7-9H,4-6H2,1-3H3;1H2;1H. The van der Waals surface area contributed by atoms with E-state index in [0.717, 1.165) is 19.5 Å². The molecule has 13 heavy (non-hydrogen) atoms. The van der Waals surface area contributed by atoms with Gasteiger partial charge in [0.15, 0.2) is 0 Å². The second kappa shape index (κ2) is 5.70. The van der Waals surface area contributed by atoms with Crippen molar-refractivity contribution in [2.24, 2.45) is 0 Å². The molecule has 0 aromatic rings. The fraction of sp³-hybridized carbons (Fsp3) is 1.00. The van der Waals surface area contributed by atoms with Gasteiger partial charge in [-0.1, -0.05) is 13.8 Å². The summed E-state index contributed by atoms with van der Waals surface area (Å²) in [6, 6.07) is 1.06. The summed E-state index contributed by atoms with van der Waals surface area (Å²) in [5, 5.41) is 3.45. The molecule has 0 amide bonds. The minimum atomic E-state index is -0.783. The van der Waals surface area contributed by atoms with Gasteiger partial charge < -0.3 is 10.8 Å². The van der Waals surface area contributed by atoms with E-state index >= 15 is 0 Å². The quantitative estimate of drug-likeness (QED) is 0.699. The Morgan fingerprint density at radius 3 is 2.62 bits per heavy atom. The average molecular weight is 210 g/mol. The smallest absolute Gasteiger partial charge is 0.0911 e. The van der Waals surface area contributed by atoms with Gasteiger partial charge in [0, 0.05) is 32.9 Å². The maximum Gasteiger partial charge on any atom is 0.0911 e. The molecule has 2 atom stereocenters. The van der Waals surface area contributed by atoms with Crippen LogP contribution >= 0.6 is 0 Å². The van der Waals surface area contributed by atoms with Crippen LogP contribution in [-0.4, -0.2) is 45.4 Å². The van der Waals surface area contributed by atoms with E-state index < -0.39 is 11.0 Å². The first-order valence-electron chi connectivity index (χ1n) is 4.44.